The van der Waals surface area contributed by atoms with Gasteiger partial charge in [-0.05, 0) is 52.7 Å². The van der Waals surface area contributed by atoms with E-state index in [9.17, 15) is 13.2 Å². The van der Waals surface area contributed by atoms with Crippen LogP contribution in [0.4, 0.5) is 5.69 Å². The molecule has 0 atom stereocenters. The van der Waals surface area contributed by atoms with Crippen LogP contribution in [0.5, 0.6) is 0 Å². The van der Waals surface area contributed by atoms with Crippen LogP contribution in [0.15, 0.2) is 66.7 Å². The van der Waals surface area contributed by atoms with Crippen molar-refractivity contribution >= 4 is 54.4 Å². The molecule has 1 amide bonds. The number of sulfonamides is 1. The lowest BCUT2D eigenvalue weighted by atomic mass is 10.2. The van der Waals surface area contributed by atoms with E-state index in [0.29, 0.717) is 23.5 Å². The lowest BCUT2D eigenvalue weighted by Crippen LogP contribution is -2.20. The van der Waals surface area contributed by atoms with Gasteiger partial charge in [-0.15, -0.1) is 4.40 Å². The maximum Gasteiger partial charge on any atom is 0.291 e. The molecule has 9 heteroatoms. The Morgan fingerprint density at radius 1 is 1.21 bits per heavy atom. The van der Waals surface area contributed by atoms with Crippen LogP contribution in [0.2, 0.25) is 0 Å². The molecule has 1 aliphatic heterocycles. The second-order valence-corrected chi connectivity index (χ2v) is 9.22. The summed E-state index contributed by atoms with van der Waals surface area (Å²) in [6.45, 7) is 0.790. The zero-order valence-electron chi connectivity index (χ0n) is 15.6. The molecule has 4 rings (SSSR count). The second kappa shape index (κ2) is 7.64. The van der Waals surface area contributed by atoms with Crippen LogP contribution in [0.25, 0.3) is 11.0 Å². The summed E-state index contributed by atoms with van der Waals surface area (Å²) in [5.41, 5.74) is 0.918. The minimum absolute atomic E-state index is 0.0236. The first-order valence-electron chi connectivity index (χ1n) is 8.98. The fourth-order valence-corrected chi connectivity index (χ4v) is 4.77. The van der Waals surface area contributed by atoms with E-state index in [0.717, 1.165) is 22.8 Å². The number of rotatable bonds is 4. The highest BCUT2D eigenvalue weighted by Crippen LogP contribution is 2.27. The Kier molecular flexibility index (Phi) is 5.18. The van der Waals surface area contributed by atoms with Gasteiger partial charge in [-0.1, -0.05) is 18.2 Å². The van der Waals surface area contributed by atoms with Crippen molar-refractivity contribution < 1.29 is 17.6 Å². The first-order chi connectivity index (χ1) is 13.8. The Hall–Kier alpha value is -2.65. The molecule has 2 aromatic carbocycles. The summed E-state index contributed by atoms with van der Waals surface area (Å²) in [6, 6.07) is 13.2. The normalized spacial score (nSPS) is 15.9. The molecule has 29 heavy (non-hydrogen) atoms. The third-order valence-electron chi connectivity index (χ3n) is 4.67. The average Bonchev–Trinajstić information content (AvgIpc) is 3.29. The van der Waals surface area contributed by atoms with Gasteiger partial charge in [0.25, 0.3) is 15.9 Å². The van der Waals surface area contributed by atoms with Crippen LogP contribution in [-0.4, -0.2) is 38.7 Å². The molecular weight excluding hydrogens is 458 g/mol. The van der Waals surface area contributed by atoms with Crippen molar-refractivity contribution in [2.75, 3.05) is 18.9 Å². The Morgan fingerprint density at radius 2 is 2.00 bits per heavy atom. The number of benzene rings is 2. The number of amides is 1. The Bertz CT molecular complexity index is 1230. The molecule has 1 N–H and O–H groups in total. The lowest BCUT2D eigenvalue weighted by molar-refractivity contribution is 0.0998. The molecule has 1 aromatic heterocycles. The van der Waals surface area contributed by atoms with Crippen molar-refractivity contribution in [3.63, 3.8) is 0 Å². The van der Waals surface area contributed by atoms with Gasteiger partial charge in [-0.25, -0.2) is 0 Å². The minimum atomic E-state index is -3.86. The summed E-state index contributed by atoms with van der Waals surface area (Å²) < 4.78 is 35.6. The predicted molar refractivity (Wildman–Crippen MR) is 115 cm³/mol. The number of para-hydroxylation sites is 1. The zero-order chi connectivity index (χ0) is 20.6. The first kappa shape index (κ1) is 19.7. The van der Waals surface area contributed by atoms with Crippen LogP contribution in [-0.2, 0) is 10.0 Å². The maximum absolute atomic E-state index is 12.6. The lowest BCUT2D eigenvalue weighted by Gasteiger charge is -2.11. The summed E-state index contributed by atoms with van der Waals surface area (Å²) in [5, 5.41) is 3.47. The van der Waals surface area contributed by atoms with Crippen molar-refractivity contribution in [3.8, 4) is 0 Å². The van der Waals surface area contributed by atoms with Gasteiger partial charge in [-0.3, -0.25) is 4.79 Å². The monoisotopic (exact) mass is 475 g/mol. The van der Waals surface area contributed by atoms with Crippen molar-refractivity contribution in [3.05, 3.63) is 58.8 Å². The van der Waals surface area contributed by atoms with Crippen LogP contribution in [0, 0.1) is 0 Å². The quantitative estimate of drug-likeness (QED) is 0.608. The summed E-state index contributed by atoms with van der Waals surface area (Å²) in [7, 11) is -2.04. The zero-order valence-corrected chi connectivity index (χ0v) is 18.0. The molecule has 1 aliphatic rings. The number of carbonyl (C=O) groups excluding carboxylic acids is 1. The van der Waals surface area contributed by atoms with Gasteiger partial charge in [0.2, 0.25) is 0 Å². The molecule has 1 fully saturated rings. The van der Waals surface area contributed by atoms with Crippen molar-refractivity contribution in [1.29, 1.82) is 0 Å². The molecule has 3 aromatic rings. The summed E-state index contributed by atoms with van der Waals surface area (Å²) in [4.78, 5) is 14.4. The van der Waals surface area contributed by atoms with E-state index < -0.39 is 15.9 Å². The standard InChI is InChI=1S/C20H18BrN3O4S/c1-24-10-4-9-18(24)23-29(26,27)15-7-3-6-14(12-15)22-20(25)17-11-13-5-2-8-16(21)19(13)28-17/h2-3,5-8,11-12H,4,9-10H2,1H3,(H,22,25). The number of likely N-dealkylation sites (tertiary alicyclic amines) is 1. The van der Waals surface area contributed by atoms with Crippen molar-refractivity contribution in [1.82, 2.24) is 4.90 Å². The Labute approximate surface area is 176 Å². The molecular formula is C20H18BrN3O4S. The number of hydrogen-bond acceptors (Lipinski definition) is 4. The van der Waals surface area contributed by atoms with Gasteiger partial charge in [0, 0.05) is 31.1 Å². The third kappa shape index (κ3) is 4.06. The topological polar surface area (TPSA) is 92.0 Å². The first-order valence-corrected chi connectivity index (χ1v) is 11.2. The smallest absolute Gasteiger partial charge is 0.291 e. The predicted octanol–water partition coefficient (Wildman–Crippen LogP) is 4.26. The molecule has 2 heterocycles. The molecule has 0 bridgehead atoms. The summed E-state index contributed by atoms with van der Waals surface area (Å²) in [5.74, 6) is 0.213. The molecule has 1 saturated heterocycles. The van der Waals surface area contributed by atoms with E-state index in [4.69, 9.17) is 4.42 Å². The highest BCUT2D eigenvalue weighted by Gasteiger charge is 2.21. The van der Waals surface area contributed by atoms with E-state index in [2.05, 4.69) is 25.6 Å². The number of nitrogens with one attached hydrogen (secondary N) is 1. The maximum atomic E-state index is 12.6. The minimum Gasteiger partial charge on any atom is -0.450 e. The highest BCUT2D eigenvalue weighted by atomic mass is 79.9. The number of furan rings is 1. The molecule has 0 radical (unpaired) electrons. The van der Waals surface area contributed by atoms with Gasteiger partial charge < -0.3 is 14.6 Å². The number of carbonyl (C=O) groups is 1. The van der Waals surface area contributed by atoms with Crippen LogP contribution in [0.1, 0.15) is 23.4 Å². The number of amidine groups is 1. The number of anilines is 1. The number of fused-ring (bicyclic) bond motifs is 1. The van der Waals surface area contributed by atoms with Gasteiger partial charge in [0.15, 0.2) is 5.76 Å². The molecule has 0 saturated carbocycles. The van der Waals surface area contributed by atoms with Crippen molar-refractivity contribution in [2.45, 2.75) is 17.7 Å². The van der Waals surface area contributed by atoms with E-state index in [-0.39, 0.29) is 10.7 Å². The second-order valence-electron chi connectivity index (χ2n) is 6.76. The van der Waals surface area contributed by atoms with E-state index in [1.54, 1.807) is 18.2 Å². The van der Waals surface area contributed by atoms with Gasteiger partial charge in [0.1, 0.15) is 11.4 Å². The van der Waals surface area contributed by atoms with Gasteiger partial charge >= 0.3 is 0 Å². The summed E-state index contributed by atoms with van der Waals surface area (Å²) >= 11 is 3.39. The fraction of sp³-hybridized carbons (Fsp3) is 0.200. The average molecular weight is 476 g/mol. The molecule has 150 valence electrons. The van der Waals surface area contributed by atoms with Gasteiger partial charge in [-0.2, -0.15) is 8.42 Å². The van der Waals surface area contributed by atoms with Crippen LogP contribution < -0.4 is 5.32 Å². The molecule has 7 nitrogen and oxygen atoms in total. The Balaban J connectivity index is 1.58. The Morgan fingerprint density at radius 3 is 2.72 bits per heavy atom. The SMILES string of the molecule is CN1CCCC1=NS(=O)(=O)c1cccc(NC(=O)c2cc3cccc(Br)c3o2)c1. The van der Waals surface area contributed by atoms with Crippen LogP contribution in [0.3, 0.4) is 0 Å². The van der Waals surface area contributed by atoms with E-state index >= 15 is 0 Å². The largest absolute Gasteiger partial charge is 0.450 e. The number of halogens is 1. The van der Waals surface area contributed by atoms with Gasteiger partial charge in [0.05, 0.1) is 9.37 Å². The summed E-state index contributed by atoms with van der Waals surface area (Å²) in [6.07, 6.45) is 1.52. The number of hydrogen-bond donors (Lipinski definition) is 1. The molecule has 0 spiro atoms. The number of nitrogens with zero attached hydrogens (tertiary/aromatic N) is 2. The highest BCUT2D eigenvalue weighted by molar-refractivity contribution is 9.10. The fourth-order valence-electron chi connectivity index (χ4n) is 3.17. The van der Waals surface area contributed by atoms with Crippen LogP contribution >= 0.6 is 15.9 Å². The molecule has 0 aliphatic carbocycles. The van der Waals surface area contributed by atoms with E-state index in [1.807, 2.05) is 30.1 Å². The molecule has 0 unspecified atom stereocenters. The third-order valence-corrected chi connectivity index (χ3v) is 6.59. The van der Waals surface area contributed by atoms with Crippen molar-refractivity contribution in [2.24, 2.45) is 4.40 Å². The van der Waals surface area contributed by atoms with E-state index in [1.165, 1.54) is 12.1 Å².